The predicted molar refractivity (Wildman–Crippen MR) is 55.5 cm³/mol. The monoisotopic (exact) mass is 268 g/mol. The number of hydrogen-bond acceptors (Lipinski definition) is 3. The van der Waals surface area contributed by atoms with Gasteiger partial charge in [0.25, 0.3) is 6.43 Å². The third kappa shape index (κ3) is 3.69. The van der Waals surface area contributed by atoms with Crippen molar-refractivity contribution in [2.24, 2.45) is 5.73 Å². The van der Waals surface area contributed by atoms with Crippen molar-refractivity contribution in [3.63, 3.8) is 0 Å². The van der Waals surface area contributed by atoms with E-state index in [1.807, 2.05) is 0 Å². The second-order valence-electron chi connectivity index (χ2n) is 3.21. The first-order valence-electron chi connectivity index (χ1n) is 4.63. The van der Waals surface area contributed by atoms with Crippen molar-refractivity contribution < 1.29 is 21.6 Å². The number of rotatable bonds is 5. The van der Waals surface area contributed by atoms with Crippen LogP contribution in [0.4, 0.5) is 13.2 Å². The molecule has 0 unspecified atom stereocenters. The van der Waals surface area contributed by atoms with Crippen LogP contribution in [0.2, 0.25) is 0 Å². The Morgan fingerprint density at radius 1 is 1.35 bits per heavy atom. The minimum Gasteiger partial charge on any atom is -0.326 e. The minimum absolute atomic E-state index is 0.0254. The van der Waals surface area contributed by atoms with Gasteiger partial charge in [-0.25, -0.2) is 26.3 Å². The molecule has 4 nitrogen and oxygen atoms in total. The molecule has 1 aromatic carbocycles. The van der Waals surface area contributed by atoms with Gasteiger partial charge in [-0.15, -0.1) is 0 Å². The van der Waals surface area contributed by atoms with Crippen LogP contribution in [0.15, 0.2) is 23.1 Å². The summed E-state index contributed by atoms with van der Waals surface area (Å²) in [7, 11) is -4.28. The van der Waals surface area contributed by atoms with Crippen LogP contribution < -0.4 is 10.5 Å². The van der Waals surface area contributed by atoms with Crippen molar-refractivity contribution in [3.8, 4) is 0 Å². The second kappa shape index (κ2) is 5.48. The Bertz CT molecular complexity index is 491. The first-order chi connectivity index (χ1) is 7.86. The molecule has 0 amide bonds. The van der Waals surface area contributed by atoms with E-state index in [1.165, 1.54) is 6.07 Å². The van der Waals surface area contributed by atoms with Crippen LogP contribution in [-0.4, -0.2) is 21.4 Å². The molecule has 0 aliphatic heterocycles. The zero-order chi connectivity index (χ0) is 13.1. The molecule has 17 heavy (non-hydrogen) atoms. The van der Waals surface area contributed by atoms with Gasteiger partial charge in [0, 0.05) is 6.54 Å². The van der Waals surface area contributed by atoms with Gasteiger partial charge in [-0.05, 0) is 17.7 Å². The van der Waals surface area contributed by atoms with Gasteiger partial charge in [0.2, 0.25) is 10.0 Å². The molecule has 0 radical (unpaired) electrons. The Kier molecular flexibility index (Phi) is 4.49. The Morgan fingerprint density at radius 3 is 2.53 bits per heavy atom. The van der Waals surface area contributed by atoms with Crippen molar-refractivity contribution in [2.45, 2.75) is 17.9 Å². The van der Waals surface area contributed by atoms with Crippen molar-refractivity contribution in [1.29, 1.82) is 0 Å². The molecule has 0 atom stereocenters. The molecule has 3 N–H and O–H groups in total. The van der Waals surface area contributed by atoms with E-state index >= 15 is 0 Å². The highest BCUT2D eigenvalue weighted by atomic mass is 32.2. The van der Waals surface area contributed by atoms with Crippen molar-refractivity contribution in [1.82, 2.24) is 4.72 Å². The SMILES string of the molecule is NCc1ccc(F)c(S(=O)(=O)NCC(F)F)c1. The molecule has 8 heteroatoms. The van der Waals surface area contributed by atoms with E-state index in [1.54, 1.807) is 4.72 Å². The van der Waals surface area contributed by atoms with Crippen LogP contribution in [0, 0.1) is 5.82 Å². The first-order valence-corrected chi connectivity index (χ1v) is 6.11. The van der Waals surface area contributed by atoms with Crippen molar-refractivity contribution in [2.75, 3.05) is 6.54 Å². The molecule has 1 rings (SSSR count). The fraction of sp³-hybridized carbons (Fsp3) is 0.333. The van der Waals surface area contributed by atoms with Gasteiger partial charge in [0.15, 0.2) is 0 Å². The van der Waals surface area contributed by atoms with Gasteiger partial charge < -0.3 is 5.73 Å². The largest absolute Gasteiger partial charge is 0.326 e. The van der Waals surface area contributed by atoms with Gasteiger partial charge in [0.05, 0.1) is 6.54 Å². The molecule has 0 heterocycles. The predicted octanol–water partition coefficient (Wildman–Crippen LogP) is 0.828. The Hall–Kier alpha value is -1.12. The standard InChI is InChI=1S/C9H11F3N2O2S/c10-7-2-1-6(4-13)3-8(7)17(15,16)14-5-9(11)12/h1-3,9,14H,4-5,13H2. The number of nitrogens with two attached hydrogens (primary N) is 1. The summed E-state index contributed by atoms with van der Waals surface area (Å²) in [4.78, 5) is -0.680. The Morgan fingerprint density at radius 2 is 2.00 bits per heavy atom. The number of halogens is 3. The molecule has 0 aliphatic rings. The van der Waals surface area contributed by atoms with Crippen molar-refractivity contribution in [3.05, 3.63) is 29.6 Å². The lowest BCUT2D eigenvalue weighted by Crippen LogP contribution is -2.29. The number of nitrogens with one attached hydrogen (secondary N) is 1. The molecule has 0 aromatic heterocycles. The van der Waals surface area contributed by atoms with E-state index in [0.717, 1.165) is 12.1 Å². The van der Waals surface area contributed by atoms with E-state index in [0.29, 0.717) is 5.56 Å². The summed E-state index contributed by atoms with van der Waals surface area (Å²) in [5.74, 6) is -1.01. The highest BCUT2D eigenvalue weighted by molar-refractivity contribution is 7.89. The lowest BCUT2D eigenvalue weighted by Gasteiger charge is -2.08. The average molecular weight is 268 g/mol. The fourth-order valence-corrected chi connectivity index (χ4v) is 2.26. The average Bonchev–Trinajstić information content (AvgIpc) is 2.27. The van der Waals surface area contributed by atoms with Gasteiger partial charge in [-0.2, -0.15) is 0 Å². The Balaban J connectivity index is 3.05. The molecule has 96 valence electrons. The molecule has 0 bridgehead atoms. The van der Waals surface area contributed by atoms with E-state index in [4.69, 9.17) is 5.73 Å². The highest BCUT2D eigenvalue weighted by Gasteiger charge is 2.20. The maximum Gasteiger partial charge on any atom is 0.251 e. The highest BCUT2D eigenvalue weighted by Crippen LogP contribution is 2.16. The molecule has 0 saturated carbocycles. The minimum atomic E-state index is -4.28. The quantitative estimate of drug-likeness (QED) is 0.830. The summed E-state index contributed by atoms with van der Waals surface area (Å²) in [6, 6.07) is 3.27. The van der Waals surface area contributed by atoms with Gasteiger partial charge >= 0.3 is 0 Å². The number of sulfonamides is 1. The van der Waals surface area contributed by atoms with E-state index in [9.17, 15) is 21.6 Å². The molecular formula is C9H11F3N2O2S. The van der Waals surface area contributed by atoms with Gasteiger partial charge in [-0.1, -0.05) is 6.07 Å². The third-order valence-electron chi connectivity index (χ3n) is 1.95. The summed E-state index contributed by atoms with van der Waals surface area (Å²) >= 11 is 0. The normalized spacial score (nSPS) is 12.1. The summed E-state index contributed by atoms with van der Waals surface area (Å²) in [5, 5.41) is 0. The van der Waals surface area contributed by atoms with Gasteiger partial charge in [0.1, 0.15) is 10.7 Å². The zero-order valence-corrected chi connectivity index (χ0v) is 9.48. The third-order valence-corrected chi connectivity index (χ3v) is 3.39. The first kappa shape index (κ1) is 13.9. The molecule has 0 saturated heterocycles. The second-order valence-corrected chi connectivity index (χ2v) is 4.95. The molecule has 0 fully saturated rings. The Labute approximate surface area is 96.7 Å². The van der Waals surface area contributed by atoms with Crippen LogP contribution in [0.3, 0.4) is 0 Å². The maximum atomic E-state index is 13.3. The summed E-state index contributed by atoms with van der Waals surface area (Å²) in [6.45, 7) is -1.04. The lowest BCUT2D eigenvalue weighted by atomic mass is 10.2. The maximum absolute atomic E-state index is 13.3. The van der Waals surface area contributed by atoms with Crippen molar-refractivity contribution >= 4 is 10.0 Å². The zero-order valence-electron chi connectivity index (χ0n) is 8.66. The molecule has 1 aromatic rings. The molecular weight excluding hydrogens is 257 g/mol. The fourth-order valence-electron chi connectivity index (χ4n) is 1.13. The van der Waals surface area contributed by atoms with E-state index in [2.05, 4.69) is 0 Å². The molecule has 0 aliphatic carbocycles. The summed E-state index contributed by atoms with van der Waals surface area (Å²) in [6.07, 6.45) is -2.84. The van der Waals surface area contributed by atoms with Crippen LogP contribution >= 0.6 is 0 Å². The summed E-state index contributed by atoms with van der Waals surface area (Å²) < 4.78 is 61.7. The van der Waals surface area contributed by atoms with Gasteiger partial charge in [-0.3, -0.25) is 0 Å². The smallest absolute Gasteiger partial charge is 0.251 e. The van der Waals surface area contributed by atoms with Crippen LogP contribution in [0.1, 0.15) is 5.56 Å². The summed E-state index contributed by atoms with van der Waals surface area (Å²) in [5.41, 5.74) is 5.67. The van der Waals surface area contributed by atoms with Crippen LogP contribution in [0.25, 0.3) is 0 Å². The van der Waals surface area contributed by atoms with E-state index < -0.39 is 33.7 Å². The number of benzene rings is 1. The number of hydrogen-bond donors (Lipinski definition) is 2. The topological polar surface area (TPSA) is 72.2 Å². The lowest BCUT2D eigenvalue weighted by molar-refractivity contribution is 0.153. The number of alkyl halides is 2. The van der Waals surface area contributed by atoms with Crippen LogP contribution in [0.5, 0.6) is 0 Å². The van der Waals surface area contributed by atoms with E-state index in [-0.39, 0.29) is 6.54 Å². The molecule has 0 spiro atoms. The van der Waals surface area contributed by atoms with Crippen LogP contribution in [-0.2, 0) is 16.6 Å².